The van der Waals surface area contributed by atoms with Gasteiger partial charge in [-0.1, -0.05) is 12.1 Å². The molecule has 1 aliphatic heterocycles. The van der Waals surface area contributed by atoms with E-state index in [-0.39, 0.29) is 29.2 Å². The fourth-order valence-electron chi connectivity index (χ4n) is 3.63. The number of likely N-dealkylation sites (tertiary alicyclic amines) is 1. The molecule has 1 fully saturated rings. The number of hydrogen-bond acceptors (Lipinski definition) is 6. The Bertz CT molecular complexity index is 969. The van der Waals surface area contributed by atoms with Crippen molar-refractivity contribution in [2.75, 3.05) is 6.54 Å². The lowest BCUT2D eigenvalue weighted by Gasteiger charge is -2.37. The number of hydrogen-bond donors (Lipinski definition) is 1. The van der Waals surface area contributed by atoms with Crippen LogP contribution in [0.3, 0.4) is 0 Å². The fraction of sp³-hybridized carbons (Fsp3) is 0.421. The maximum atomic E-state index is 13.1. The van der Waals surface area contributed by atoms with Crippen LogP contribution in [0.4, 0.5) is 5.69 Å². The lowest BCUT2D eigenvalue weighted by molar-refractivity contribution is -0.384. The molecule has 0 aliphatic carbocycles. The number of carbonyl (C=O) groups excluding carboxylic acids is 1. The minimum atomic E-state index is -0.521. The Labute approximate surface area is 161 Å². The van der Waals surface area contributed by atoms with E-state index < -0.39 is 16.3 Å². The summed E-state index contributed by atoms with van der Waals surface area (Å²) in [7, 11) is 0. The number of benzene rings is 1. The number of para-hydroxylation sites is 2. The van der Waals surface area contributed by atoms with Crippen molar-refractivity contribution in [3.8, 4) is 5.69 Å². The first-order chi connectivity index (χ1) is 13.3. The highest BCUT2D eigenvalue weighted by molar-refractivity contribution is 5.92. The quantitative estimate of drug-likeness (QED) is 0.632. The van der Waals surface area contributed by atoms with Crippen LogP contribution in [0.25, 0.3) is 5.69 Å². The van der Waals surface area contributed by atoms with Crippen LogP contribution in [0, 0.1) is 17.0 Å². The number of carbonyl (C=O) groups is 1. The van der Waals surface area contributed by atoms with Crippen LogP contribution in [0.5, 0.6) is 0 Å². The number of rotatable bonds is 4. The van der Waals surface area contributed by atoms with Crippen molar-refractivity contribution in [1.29, 1.82) is 0 Å². The average molecular weight is 385 g/mol. The molecule has 2 heterocycles. The first kappa shape index (κ1) is 19.7. The van der Waals surface area contributed by atoms with Gasteiger partial charge in [0.15, 0.2) is 5.69 Å². The summed E-state index contributed by atoms with van der Waals surface area (Å²) in [6, 6.07) is 6.96. The molecule has 3 rings (SSSR count). The first-order valence-electron chi connectivity index (χ1n) is 9.22. The van der Waals surface area contributed by atoms with Crippen LogP contribution in [0.15, 0.2) is 35.1 Å². The number of amides is 1. The molecule has 0 radical (unpaired) electrons. The Kier molecular flexibility index (Phi) is 5.55. The third kappa shape index (κ3) is 3.65. The smallest absolute Gasteiger partial charge is 0.294 e. The molecule has 1 aliphatic rings. The monoisotopic (exact) mass is 385 g/mol. The molecular formula is C19H23N5O4. The van der Waals surface area contributed by atoms with E-state index in [0.717, 1.165) is 19.3 Å². The third-order valence-corrected chi connectivity index (χ3v) is 5.03. The van der Waals surface area contributed by atoms with Crippen molar-refractivity contribution >= 4 is 11.6 Å². The molecule has 2 aromatic rings. The Balaban J connectivity index is 2.09. The van der Waals surface area contributed by atoms with Gasteiger partial charge in [0.25, 0.3) is 11.6 Å². The molecule has 148 valence electrons. The van der Waals surface area contributed by atoms with Gasteiger partial charge in [0.1, 0.15) is 5.69 Å². The maximum Gasteiger partial charge on any atom is 0.294 e. The van der Waals surface area contributed by atoms with Crippen molar-refractivity contribution in [2.45, 2.75) is 45.2 Å². The highest BCUT2D eigenvalue weighted by Crippen LogP contribution is 2.23. The van der Waals surface area contributed by atoms with E-state index in [9.17, 15) is 19.7 Å². The summed E-state index contributed by atoms with van der Waals surface area (Å²) < 4.78 is 1.28. The van der Waals surface area contributed by atoms with Crippen LogP contribution in [0.2, 0.25) is 0 Å². The van der Waals surface area contributed by atoms with E-state index in [1.807, 2.05) is 6.92 Å². The van der Waals surface area contributed by atoms with Gasteiger partial charge in [-0.15, -0.1) is 0 Å². The summed E-state index contributed by atoms with van der Waals surface area (Å²) in [5.74, 6) is -0.487. The molecule has 9 nitrogen and oxygen atoms in total. The molecule has 2 atom stereocenters. The summed E-state index contributed by atoms with van der Waals surface area (Å²) in [6.07, 6.45) is 2.57. The van der Waals surface area contributed by atoms with Gasteiger partial charge in [-0.3, -0.25) is 19.7 Å². The summed E-state index contributed by atoms with van der Waals surface area (Å²) in [6.45, 7) is 3.96. The van der Waals surface area contributed by atoms with E-state index in [1.54, 1.807) is 24.0 Å². The maximum absolute atomic E-state index is 13.1. The molecule has 2 N–H and O–H groups in total. The molecule has 0 spiro atoms. The van der Waals surface area contributed by atoms with Gasteiger partial charge < -0.3 is 10.6 Å². The minimum Gasteiger partial charge on any atom is -0.333 e. The zero-order valence-electron chi connectivity index (χ0n) is 15.9. The van der Waals surface area contributed by atoms with Crippen molar-refractivity contribution in [3.63, 3.8) is 0 Å². The Hall–Kier alpha value is -3.07. The van der Waals surface area contributed by atoms with Gasteiger partial charge in [-0.25, -0.2) is 4.68 Å². The summed E-state index contributed by atoms with van der Waals surface area (Å²) in [4.78, 5) is 38.1. The standard InChI is InChI=1S/C19H23N5O4/c1-12-11-17(25)18(19(26)22-10-6-5-7-14(22)13(2)20)21-23(12)15-8-3-4-9-16(15)24(27)28/h3-4,8-9,11,13-14H,5-7,10,20H2,1-2H3. The summed E-state index contributed by atoms with van der Waals surface area (Å²) in [5.41, 5.74) is 5.71. The van der Waals surface area contributed by atoms with Crippen molar-refractivity contribution in [2.24, 2.45) is 5.73 Å². The normalized spacial score (nSPS) is 18.0. The zero-order chi connectivity index (χ0) is 20.4. The van der Waals surface area contributed by atoms with Crippen LogP contribution in [-0.2, 0) is 0 Å². The van der Waals surface area contributed by atoms with Gasteiger partial charge >= 0.3 is 0 Å². The van der Waals surface area contributed by atoms with Gasteiger partial charge in [0.05, 0.1) is 4.92 Å². The SMILES string of the molecule is Cc1cc(=O)c(C(=O)N2CCCCC2C(C)N)nn1-c1ccccc1[N+](=O)[O-]. The number of aryl methyl sites for hydroxylation is 1. The van der Waals surface area contributed by atoms with Crippen LogP contribution < -0.4 is 11.2 Å². The molecule has 0 saturated carbocycles. The molecular weight excluding hydrogens is 362 g/mol. The highest BCUT2D eigenvalue weighted by Gasteiger charge is 2.32. The molecule has 1 amide bonds. The zero-order valence-corrected chi connectivity index (χ0v) is 15.9. The largest absolute Gasteiger partial charge is 0.333 e. The molecule has 1 saturated heterocycles. The lowest BCUT2D eigenvalue weighted by atomic mass is 9.96. The minimum absolute atomic E-state index is 0.161. The van der Waals surface area contributed by atoms with E-state index in [4.69, 9.17) is 5.73 Å². The van der Waals surface area contributed by atoms with Crippen LogP contribution in [-0.4, -0.2) is 44.1 Å². The average Bonchev–Trinajstić information content (AvgIpc) is 2.67. The molecule has 1 aromatic heterocycles. The Morgan fingerprint density at radius 3 is 2.75 bits per heavy atom. The molecule has 28 heavy (non-hydrogen) atoms. The van der Waals surface area contributed by atoms with E-state index >= 15 is 0 Å². The number of nitrogens with zero attached hydrogens (tertiary/aromatic N) is 4. The topological polar surface area (TPSA) is 124 Å². The fourth-order valence-corrected chi connectivity index (χ4v) is 3.63. The van der Waals surface area contributed by atoms with Gasteiger partial charge in [-0.2, -0.15) is 5.10 Å². The Morgan fingerprint density at radius 1 is 1.36 bits per heavy atom. The summed E-state index contributed by atoms with van der Waals surface area (Å²) >= 11 is 0. The van der Waals surface area contributed by atoms with Gasteiger partial charge in [0, 0.05) is 36.5 Å². The lowest BCUT2D eigenvalue weighted by Crippen LogP contribution is -2.52. The first-order valence-corrected chi connectivity index (χ1v) is 9.22. The second-order valence-corrected chi connectivity index (χ2v) is 7.08. The molecule has 9 heteroatoms. The van der Waals surface area contributed by atoms with Crippen molar-refractivity contribution < 1.29 is 9.72 Å². The van der Waals surface area contributed by atoms with Crippen LogP contribution in [0.1, 0.15) is 42.4 Å². The number of aromatic nitrogens is 2. The van der Waals surface area contributed by atoms with Crippen molar-refractivity contribution in [1.82, 2.24) is 14.7 Å². The number of nitro groups is 1. The highest BCUT2D eigenvalue weighted by atomic mass is 16.6. The molecule has 0 bridgehead atoms. The number of nitro benzene ring substituents is 1. The number of piperidine rings is 1. The second kappa shape index (κ2) is 7.89. The van der Waals surface area contributed by atoms with Crippen LogP contribution >= 0.6 is 0 Å². The third-order valence-electron chi connectivity index (χ3n) is 5.03. The van der Waals surface area contributed by atoms with E-state index in [0.29, 0.717) is 12.2 Å². The number of nitrogens with two attached hydrogens (primary N) is 1. The van der Waals surface area contributed by atoms with E-state index in [2.05, 4.69) is 5.10 Å². The molecule has 1 aromatic carbocycles. The van der Waals surface area contributed by atoms with Gasteiger partial charge in [0.2, 0.25) is 5.43 Å². The summed E-state index contributed by atoms with van der Waals surface area (Å²) in [5, 5.41) is 15.6. The Morgan fingerprint density at radius 2 is 2.07 bits per heavy atom. The molecule has 2 unspecified atom stereocenters. The predicted molar refractivity (Wildman–Crippen MR) is 104 cm³/mol. The van der Waals surface area contributed by atoms with Gasteiger partial charge in [-0.05, 0) is 39.2 Å². The van der Waals surface area contributed by atoms with E-state index in [1.165, 1.54) is 22.9 Å². The predicted octanol–water partition coefficient (Wildman–Crippen LogP) is 1.79. The second-order valence-electron chi connectivity index (χ2n) is 7.08. The van der Waals surface area contributed by atoms with Crippen molar-refractivity contribution in [3.05, 3.63) is 62.1 Å².